The van der Waals surface area contributed by atoms with Crippen LogP contribution in [0.5, 0.6) is 0 Å². The molecule has 2 aromatic carbocycles. The van der Waals surface area contributed by atoms with Crippen molar-refractivity contribution in [3.63, 3.8) is 0 Å². The van der Waals surface area contributed by atoms with Gasteiger partial charge in [-0.15, -0.1) is 0 Å². The van der Waals surface area contributed by atoms with E-state index >= 15 is 0 Å². The Morgan fingerprint density at radius 3 is 2.37 bits per heavy atom. The number of nitrogens with one attached hydrogen (secondary N) is 1. The zero-order valence-corrected chi connectivity index (χ0v) is 18.3. The molecule has 1 atom stereocenters. The molecule has 0 aliphatic heterocycles. The van der Waals surface area contributed by atoms with Crippen LogP contribution in [-0.2, 0) is 19.6 Å². The number of hydrogen-bond acceptors (Lipinski definition) is 4. The van der Waals surface area contributed by atoms with Gasteiger partial charge in [0.15, 0.2) is 5.69 Å². The molecule has 158 valence electrons. The van der Waals surface area contributed by atoms with Crippen molar-refractivity contribution in [1.29, 1.82) is 0 Å². The van der Waals surface area contributed by atoms with Crippen LogP contribution in [0, 0.1) is 12.8 Å². The second kappa shape index (κ2) is 10.2. The summed E-state index contributed by atoms with van der Waals surface area (Å²) in [4.78, 5) is 19.2. The zero-order valence-electron chi connectivity index (χ0n) is 18.3. The van der Waals surface area contributed by atoms with E-state index < -0.39 is 0 Å². The van der Waals surface area contributed by atoms with E-state index in [0.717, 1.165) is 12.1 Å². The predicted molar refractivity (Wildman–Crippen MR) is 119 cm³/mol. The Bertz CT molecular complexity index is 933. The summed E-state index contributed by atoms with van der Waals surface area (Å²) in [6.07, 6.45) is 1.44. The van der Waals surface area contributed by atoms with Crippen LogP contribution >= 0.6 is 0 Å². The van der Waals surface area contributed by atoms with E-state index in [2.05, 4.69) is 67.2 Å². The summed E-state index contributed by atoms with van der Waals surface area (Å²) in [5.41, 5.74) is 3.86. The lowest BCUT2D eigenvalue weighted by Crippen LogP contribution is -2.36. The molecule has 30 heavy (non-hydrogen) atoms. The van der Waals surface area contributed by atoms with Crippen LogP contribution in [0.4, 0.5) is 0 Å². The van der Waals surface area contributed by atoms with E-state index in [9.17, 15) is 4.79 Å². The van der Waals surface area contributed by atoms with E-state index in [1.165, 1.54) is 17.4 Å². The van der Waals surface area contributed by atoms with E-state index in [1.807, 2.05) is 30.3 Å². The number of oxazole rings is 1. The van der Waals surface area contributed by atoms with Gasteiger partial charge in [-0.25, -0.2) is 4.98 Å². The molecule has 0 unspecified atom stereocenters. The van der Waals surface area contributed by atoms with Gasteiger partial charge in [-0.05, 0) is 30.9 Å². The largest absolute Gasteiger partial charge is 0.447 e. The molecule has 5 heteroatoms. The fourth-order valence-electron chi connectivity index (χ4n) is 3.22. The first-order valence-electron chi connectivity index (χ1n) is 10.5. The lowest BCUT2D eigenvalue weighted by atomic mass is 10.0. The fourth-order valence-corrected chi connectivity index (χ4v) is 3.22. The number of rotatable bonds is 9. The maximum Gasteiger partial charge on any atom is 0.273 e. The molecule has 0 bridgehead atoms. The minimum absolute atomic E-state index is 0.226. The van der Waals surface area contributed by atoms with Gasteiger partial charge >= 0.3 is 0 Å². The molecule has 0 saturated heterocycles. The van der Waals surface area contributed by atoms with Gasteiger partial charge in [0.2, 0.25) is 5.89 Å². The molecule has 0 aliphatic carbocycles. The minimum Gasteiger partial charge on any atom is -0.447 e. The molecule has 3 aromatic rings. The van der Waals surface area contributed by atoms with Gasteiger partial charge in [-0.1, -0.05) is 74.0 Å². The second-order valence-electron chi connectivity index (χ2n) is 8.17. The van der Waals surface area contributed by atoms with Crippen molar-refractivity contribution in [2.24, 2.45) is 5.92 Å². The molecule has 1 heterocycles. The average molecular weight is 406 g/mol. The Kier molecular flexibility index (Phi) is 7.41. The lowest BCUT2D eigenvalue weighted by molar-refractivity contribution is 0.0945. The van der Waals surface area contributed by atoms with E-state index in [1.54, 1.807) is 0 Å². The topological polar surface area (TPSA) is 58.4 Å². The summed E-state index contributed by atoms with van der Waals surface area (Å²) in [6, 6.07) is 18.7. The number of amides is 1. The highest BCUT2D eigenvalue weighted by Crippen LogP contribution is 2.18. The summed E-state index contributed by atoms with van der Waals surface area (Å²) < 4.78 is 5.64. The van der Waals surface area contributed by atoms with E-state index in [4.69, 9.17) is 4.42 Å². The van der Waals surface area contributed by atoms with Crippen molar-refractivity contribution in [2.45, 2.75) is 53.4 Å². The van der Waals surface area contributed by atoms with E-state index in [-0.39, 0.29) is 5.91 Å². The Morgan fingerprint density at radius 2 is 1.70 bits per heavy atom. The smallest absolute Gasteiger partial charge is 0.273 e. The van der Waals surface area contributed by atoms with Crippen molar-refractivity contribution < 1.29 is 9.21 Å². The molecule has 3 rings (SSSR count). The van der Waals surface area contributed by atoms with Gasteiger partial charge < -0.3 is 9.73 Å². The average Bonchev–Trinajstić information content (AvgIpc) is 3.22. The number of nitrogens with zero attached hydrogens (tertiary/aromatic N) is 2. The van der Waals surface area contributed by atoms with Crippen molar-refractivity contribution in [3.8, 4) is 0 Å². The highest BCUT2D eigenvalue weighted by atomic mass is 16.3. The van der Waals surface area contributed by atoms with Crippen LogP contribution in [-0.4, -0.2) is 21.8 Å². The maximum absolute atomic E-state index is 12.4. The third kappa shape index (κ3) is 6.04. The number of hydrogen-bond donors (Lipinski definition) is 1. The van der Waals surface area contributed by atoms with Gasteiger partial charge in [0.25, 0.3) is 5.91 Å². The fraction of sp³-hybridized carbons (Fsp3) is 0.360. The van der Waals surface area contributed by atoms with Crippen LogP contribution in [0.1, 0.15) is 53.8 Å². The standard InChI is InChI=1S/C25H31N3O2/c1-18(2)20(4)28(15-22-12-10-19(3)11-13-22)16-24-27-23(17-30-24)25(29)26-14-21-8-6-5-7-9-21/h5-13,17-18,20H,14-16H2,1-4H3,(H,26,29)/t20-/m1/s1. The Morgan fingerprint density at radius 1 is 1.00 bits per heavy atom. The molecule has 0 radical (unpaired) electrons. The summed E-state index contributed by atoms with van der Waals surface area (Å²) in [5.74, 6) is 0.814. The molecular weight excluding hydrogens is 374 g/mol. The van der Waals surface area contributed by atoms with Gasteiger partial charge in [-0.2, -0.15) is 0 Å². The van der Waals surface area contributed by atoms with Crippen LogP contribution in [0.25, 0.3) is 0 Å². The van der Waals surface area contributed by atoms with Gasteiger partial charge in [-0.3, -0.25) is 9.69 Å². The molecule has 5 nitrogen and oxygen atoms in total. The SMILES string of the molecule is Cc1ccc(CN(Cc2nc(C(=O)NCc3ccccc3)co2)[C@H](C)C(C)C)cc1. The second-order valence-corrected chi connectivity index (χ2v) is 8.17. The minimum atomic E-state index is -0.226. The highest BCUT2D eigenvalue weighted by molar-refractivity contribution is 5.91. The number of benzene rings is 2. The van der Waals surface area contributed by atoms with Crippen molar-refractivity contribution >= 4 is 5.91 Å². The molecule has 0 aliphatic rings. The number of aryl methyl sites for hydroxylation is 1. The van der Waals surface area contributed by atoms with Crippen LogP contribution in [0.3, 0.4) is 0 Å². The van der Waals surface area contributed by atoms with Gasteiger partial charge in [0.05, 0.1) is 6.54 Å². The first-order chi connectivity index (χ1) is 14.4. The summed E-state index contributed by atoms with van der Waals surface area (Å²) in [5, 5.41) is 2.89. The zero-order chi connectivity index (χ0) is 21.5. The normalized spacial score (nSPS) is 12.3. The lowest BCUT2D eigenvalue weighted by Gasteiger charge is -2.30. The summed E-state index contributed by atoms with van der Waals surface area (Å²) in [7, 11) is 0. The Balaban J connectivity index is 1.65. The number of carbonyl (C=O) groups excluding carboxylic acids is 1. The summed E-state index contributed by atoms with van der Waals surface area (Å²) in [6.45, 7) is 10.6. The Hall–Kier alpha value is -2.92. The molecule has 1 amide bonds. The van der Waals surface area contributed by atoms with Crippen molar-refractivity contribution in [2.75, 3.05) is 0 Å². The van der Waals surface area contributed by atoms with Gasteiger partial charge in [0.1, 0.15) is 6.26 Å². The molecule has 0 saturated carbocycles. The Labute approximate surface area is 179 Å². The maximum atomic E-state index is 12.4. The quantitative estimate of drug-likeness (QED) is 0.547. The van der Waals surface area contributed by atoms with Crippen molar-refractivity contribution in [3.05, 3.63) is 89.1 Å². The van der Waals surface area contributed by atoms with E-state index in [0.29, 0.717) is 36.6 Å². The number of carbonyl (C=O) groups is 1. The van der Waals surface area contributed by atoms with Crippen LogP contribution in [0.2, 0.25) is 0 Å². The predicted octanol–water partition coefficient (Wildman–Crippen LogP) is 4.96. The molecular formula is C25H31N3O2. The van der Waals surface area contributed by atoms with Crippen molar-refractivity contribution in [1.82, 2.24) is 15.2 Å². The highest BCUT2D eigenvalue weighted by Gasteiger charge is 2.21. The third-order valence-electron chi connectivity index (χ3n) is 5.47. The summed E-state index contributed by atoms with van der Waals surface area (Å²) >= 11 is 0. The van der Waals surface area contributed by atoms with Gasteiger partial charge in [0, 0.05) is 19.1 Å². The monoisotopic (exact) mass is 405 g/mol. The van der Waals surface area contributed by atoms with Crippen LogP contribution < -0.4 is 5.32 Å². The third-order valence-corrected chi connectivity index (χ3v) is 5.47. The molecule has 1 aromatic heterocycles. The number of aromatic nitrogens is 1. The first kappa shape index (κ1) is 21.8. The van der Waals surface area contributed by atoms with Crippen LogP contribution in [0.15, 0.2) is 65.3 Å². The first-order valence-corrected chi connectivity index (χ1v) is 10.5. The molecule has 0 fully saturated rings. The molecule has 0 spiro atoms. The molecule has 1 N–H and O–H groups in total.